The maximum absolute atomic E-state index is 15.2. The highest BCUT2D eigenvalue weighted by molar-refractivity contribution is 6.31. The third-order valence-corrected chi connectivity index (χ3v) is 18.8. The van der Waals surface area contributed by atoms with Crippen molar-refractivity contribution in [3.63, 3.8) is 0 Å². The van der Waals surface area contributed by atoms with Gasteiger partial charge in [-0.3, -0.25) is 19.2 Å². The van der Waals surface area contributed by atoms with Crippen LogP contribution in [0.15, 0.2) is 12.1 Å². The van der Waals surface area contributed by atoms with Crippen molar-refractivity contribution in [3.8, 4) is 17.2 Å². The number of aliphatic hydroxyl groups excluding tert-OH is 2. The van der Waals surface area contributed by atoms with Crippen LogP contribution in [-0.4, -0.2) is 227 Å². The van der Waals surface area contributed by atoms with Crippen LogP contribution in [-0.2, 0) is 73.7 Å². The van der Waals surface area contributed by atoms with Crippen LogP contribution in [0.2, 0.25) is 0 Å². The Kier molecular flexibility index (Phi) is 17.7. The number of aliphatic carboxylic acids is 1. The fraction of sp³-hybridized carbons (Fsp3) is 0.733. The lowest BCUT2D eigenvalue weighted by molar-refractivity contribution is -0.359. The molecule has 0 aromatic heterocycles. The van der Waals surface area contributed by atoms with Crippen LogP contribution in [0.1, 0.15) is 155 Å². The summed E-state index contributed by atoms with van der Waals surface area (Å²) in [6.45, 7) is 13.9. The number of ketones is 2. The molecule has 2 bridgehead atoms. The summed E-state index contributed by atoms with van der Waals surface area (Å²) >= 11 is 0. The molecular weight excluding hydrogens is 1130 g/mol. The Labute approximate surface area is 499 Å². The first kappa shape index (κ1) is 64.4. The first-order chi connectivity index (χ1) is 40.2. The average molecular weight is 1220 g/mol. The molecule has 0 saturated carbocycles. The Bertz CT molecular complexity index is 2940. The predicted octanol–water partition coefficient (Wildman–Crippen LogP) is 2.10. The molecule has 26 heteroatoms. The number of hydrogen-bond acceptors (Lipinski definition) is 25. The Morgan fingerprint density at radius 3 is 1.85 bits per heavy atom. The number of phenols is 2. The standard InChI is InChI=1S/C60H86N4O22/c1-24-45(68)31(63(9)10)18-36(76-24)80-33-21-57(5,74)20-29-40(33)48(71)42-43(47(29)70)49(72)41-28(46(42)69)14-15-30-52(41)85-56-50(73)44(64(11)12)55(60(30,8)86-56)84-39-23-59(7,62)54(27(4)79-39)83-38-22-58(6,61)53(26(3)78-38)82-37-19-32(75-13)51(25(2)77-37)81-35(67)17-16-34(65)66/h14-15,24-27,31-33,36-39,44-45,50-51,53-56,68,70-71,73-74H,16-23,61-62H2,1-13H3,(H,65,66). The van der Waals surface area contributed by atoms with Crippen LogP contribution in [0.4, 0.5) is 0 Å². The van der Waals surface area contributed by atoms with Crippen molar-refractivity contribution in [1.29, 1.82) is 0 Å². The van der Waals surface area contributed by atoms with Crippen molar-refractivity contribution in [2.45, 2.75) is 246 Å². The number of carbonyl (C=O) groups is 4. The number of carbonyl (C=O) groups excluding carboxylic acids is 3. The highest BCUT2D eigenvalue weighted by Gasteiger charge is 2.62. The lowest BCUT2D eigenvalue weighted by Crippen LogP contribution is -2.70. The summed E-state index contributed by atoms with van der Waals surface area (Å²) in [5, 5.41) is 68.2. The number of aliphatic hydroxyl groups is 3. The van der Waals surface area contributed by atoms with E-state index < -0.39 is 179 Å². The van der Waals surface area contributed by atoms with E-state index in [1.54, 1.807) is 66.6 Å². The normalized spacial score (nSPS) is 42.1. The summed E-state index contributed by atoms with van der Waals surface area (Å²) in [7, 11) is 8.63. The van der Waals surface area contributed by atoms with Crippen molar-refractivity contribution < 1.29 is 107 Å². The summed E-state index contributed by atoms with van der Waals surface area (Å²) in [5.41, 5.74) is 7.95. The van der Waals surface area contributed by atoms with Crippen LogP contribution in [0.3, 0.4) is 0 Å². The van der Waals surface area contributed by atoms with E-state index in [9.17, 15) is 39.9 Å². The molecular formula is C60H86N4O22. The van der Waals surface area contributed by atoms with Gasteiger partial charge >= 0.3 is 11.9 Å². The molecule has 2 aliphatic carbocycles. The number of carboxylic acid groups (broad SMARTS) is 1. The predicted molar refractivity (Wildman–Crippen MR) is 299 cm³/mol. The number of ether oxygens (including phenoxy) is 12. The zero-order valence-electron chi connectivity index (χ0n) is 51.0. The van der Waals surface area contributed by atoms with Gasteiger partial charge in [0.05, 0.1) is 77.8 Å². The Morgan fingerprint density at radius 2 is 1.27 bits per heavy atom. The van der Waals surface area contributed by atoms with Gasteiger partial charge in [-0.1, -0.05) is 6.07 Å². The van der Waals surface area contributed by atoms with Crippen LogP contribution in [0.5, 0.6) is 17.2 Å². The van der Waals surface area contributed by atoms with Gasteiger partial charge in [0, 0.05) is 85.0 Å². The molecule has 10 N–H and O–H groups in total. The second-order valence-electron chi connectivity index (χ2n) is 26.3. The summed E-state index contributed by atoms with van der Waals surface area (Å²) in [5.74, 6) is -4.78. The highest BCUT2D eigenvalue weighted by Crippen LogP contribution is 2.56. The lowest BCUT2D eigenvalue weighted by atomic mass is 9.72. The first-order valence-corrected chi connectivity index (χ1v) is 29.6. The van der Waals surface area contributed by atoms with E-state index in [1.807, 2.05) is 25.9 Å². The number of benzene rings is 2. The fourth-order valence-corrected chi connectivity index (χ4v) is 14.5. The zero-order chi connectivity index (χ0) is 62.8. The summed E-state index contributed by atoms with van der Waals surface area (Å²) in [4.78, 5) is 57.2. The van der Waals surface area contributed by atoms with Crippen molar-refractivity contribution in [3.05, 3.63) is 51.1 Å². The van der Waals surface area contributed by atoms with Gasteiger partial charge in [0.2, 0.25) is 12.1 Å². The molecule has 478 valence electrons. The molecule has 26 nitrogen and oxygen atoms in total. The Balaban J connectivity index is 0.862. The van der Waals surface area contributed by atoms with E-state index in [0.29, 0.717) is 0 Å². The number of likely N-dealkylation sites (N-methyl/N-ethyl adjacent to an activating group) is 2. The summed E-state index contributed by atoms with van der Waals surface area (Å²) in [6.07, 6.45) is -15.4. The van der Waals surface area contributed by atoms with Gasteiger partial charge in [-0.05, 0) is 89.6 Å². The number of fused-ring (bicyclic) bond motifs is 8. The molecule has 23 unspecified atom stereocenters. The molecule has 0 spiro atoms. The summed E-state index contributed by atoms with van der Waals surface area (Å²) in [6, 6.07) is 1.81. The molecule has 5 saturated heterocycles. The molecule has 0 radical (unpaired) electrons. The largest absolute Gasteiger partial charge is 0.507 e. The number of nitrogens with two attached hydrogens (primary N) is 2. The monoisotopic (exact) mass is 1210 g/mol. The number of aromatic hydroxyl groups is 2. The van der Waals surface area contributed by atoms with E-state index in [4.69, 9.17) is 73.4 Å². The number of methoxy groups -OCH3 is 1. The average Bonchev–Trinajstić information content (AvgIpc) is 0.766. The minimum absolute atomic E-state index is 0.00785. The number of carboxylic acids is 1. The van der Waals surface area contributed by atoms with Gasteiger partial charge in [0.25, 0.3) is 0 Å². The van der Waals surface area contributed by atoms with Gasteiger partial charge in [-0.15, -0.1) is 0 Å². The van der Waals surface area contributed by atoms with Crippen molar-refractivity contribution in [2.75, 3.05) is 35.3 Å². The molecule has 5 fully saturated rings. The van der Waals surface area contributed by atoms with E-state index in [0.717, 1.165) is 0 Å². The van der Waals surface area contributed by atoms with E-state index >= 15 is 4.79 Å². The van der Waals surface area contributed by atoms with Crippen LogP contribution < -0.4 is 16.2 Å². The SMILES string of the molecule is COC1CC(OC2C(C)OC(OC3C(C)OC(OC4C(N(C)C)C(O)C5Oc6c(ccc7c6C(=O)c6c(O)c8c(c(O)c6C7=O)C(OC6CC(N(C)C)C(O)C(C)O6)CC(C)(O)C8)C4(C)O5)CC3(C)N)CC2(C)N)OC(C)C1OC(=O)CCC(=O)O. The number of hydrogen-bond donors (Lipinski definition) is 8. The third-order valence-electron chi connectivity index (χ3n) is 18.8. The minimum Gasteiger partial charge on any atom is -0.507 e. The van der Waals surface area contributed by atoms with Crippen LogP contribution in [0.25, 0.3) is 0 Å². The van der Waals surface area contributed by atoms with Crippen LogP contribution in [0, 0.1) is 0 Å². The molecule has 10 rings (SSSR count). The number of esters is 1. The van der Waals surface area contributed by atoms with Crippen LogP contribution >= 0.6 is 0 Å². The van der Waals surface area contributed by atoms with Gasteiger partial charge in [0.1, 0.15) is 53.4 Å². The quantitative estimate of drug-likeness (QED) is 0.0798. The molecule has 23 atom stereocenters. The van der Waals surface area contributed by atoms with Crippen molar-refractivity contribution in [1.82, 2.24) is 9.80 Å². The van der Waals surface area contributed by atoms with Gasteiger partial charge in [0.15, 0.2) is 37.0 Å². The smallest absolute Gasteiger partial charge is 0.306 e. The van der Waals surface area contributed by atoms with E-state index in [1.165, 1.54) is 20.1 Å². The molecule has 86 heavy (non-hydrogen) atoms. The summed E-state index contributed by atoms with van der Waals surface area (Å²) < 4.78 is 76.2. The van der Waals surface area contributed by atoms with Gasteiger partial charge in [-0.2, -0.15) is 0 Å². The van der Waals surface area contributed by atoms with E-state index in [-0.39, 0.29) is 91.0 Å². The number of nitrogens with zero attached hydrogens (tertiary/aromatic N) is 2. The van der Waals surface area contributed by atoms with Crippen molar-refractivity contribution >= 4 is 23.5 Å². The van der Waals surface area contributed by atoms with E-state index in [2.05, 4.69) is 0 Å². The second kappa shape index (κ2) is 23.7. The number of phenolic OH excluding ortho intramolecular Hbond substituents is 2. The molecule has 0 amide bonds. The molecule has 8 aliphatic rings. The Morgan fingerprint density at radius 1 is 0.698 bits per heavy atom. The highest BCUT2D eigenvalue weighted by atomic mass is 16.8. The molecule has 6 aliphatic heterocycles. The molecule has 2 aromatic rings. The fourth-order valence-electron chi connectivity index (χ4n) is 14.5. The maximum atomic E-state index is 15.2. The third kappa shape index (κ3) is 11.7. The maximum Gasteiger partial charge on any atom is 0.306 e. The molecule has 6 heterocycles. The van der Waals surface area contributed by atoms with Crippen molar-refractivity contribution in [2.24, 2.45) is 11.5 Å². The topological polar surface area (TPSA) is 359 Å². The minimum atomic E-state index is -1.53. The molecule has 2 aromatic carbocycles. The van der Waals surface area contributed by atoms with Gasteiger partial charge < -0.3 is 109 Å². The second-order valence-corrected chi connectivity index (χ2v) is 26.3. The van der Waals surface area contributed by atoms with Gasteiger partial charge in [-0.25, -0.2) is 0 Å². The zero-order valence-corrected chi connectivity index (χ0v) is 51.0. The first-order valence-electron chi connectivity index (χ1n) is 29.6. The number of rotatable bonds is 15. The lowest BCUT2D eigenvalue weighted by Gasteiger charge is -2.56. The Hall–Kier alpha value is -4.56.